The van der Waals surface area contributed by atoms with Gasteiger partial charge in [0.2, 0.25) is 0 Å². The molecule has 0 amide bonds. The lowest BCUT2D eigenvalue weighted by atomic mass is 9.72. The van der Waals surface area contributed by atoms with Crippen molar-refractivity contribution in [3.8, 4) is 0 Å². The first-order valence-corrected chi connectivity index (χ1v) is 22.9. The van der Waals surface area contributed by atoms with Crippen molar-refractivity contribution in [1.29, 1.82) is 0 Å². The van der Waals surface area contributed by atoms with Gasteiger partial charge in [-0.1, -0.05) is 38.1 Å². The van der Waals surface area contributed by atoms with Gasteiger partial charge in [-0.2, -0.15) is 0 Å². The number of pyridine rings is 1. The molecule has 2 aliphatic carbocycles. The summed E-state index contributed by atoms with van der Waals surface area (Å²) < 4.78 is 10.9. The summed E-state index contributed by atoms with van der Waals surface area (Å²) in [6.45, 7) is 10.3. The standard InChI is InChI=1S/C51H62N6O4/c1-31(58)61-30-42(33-16-20-56-38(22-33)23-34-8-6-11-44(34)56)48-39(9-7-10-40(48)41-17-21-57-45(49(41)59)25-36-26-51(2,3)27-46(36)57)37-24-43(50(60)55(5)29-37)53-47-13-12-35(28-52-47)32-14-18-54(4)19-15-32/h7,9-10,12-13,23-25,28-29,32-33,41-42,50,60H,6,8,11,14-22,26-27,30H2,1-5H3,(H,52,53). The fourth-order valence-electron chi connectivity index (χ4n) is 11.9. The van der Waals surface area contributed by atoms with E-state index in [0.29, 0.717) is 23.9 Å². The first-order chi connectivity index (χ1) is 29.4. The topological polar surface area (TPSA) is 105 Å². The molecule has 61 heavy (non-hydrogen) atoms. The molecule has 7 heterocycles. The molecule has 1 aromatic carbocycles. The summed E-state index contributed by atoms with van der Waals surface area (Å²) in [5, 5.41) is 15.1. The lowest BCUT2D eigenvalue weighted by Gasteiger charge is -2.37. The zero-order valence-corrected chi connectivity index (χ0v) is 36.7. The van der Waals surface area contributed by atoms with Crippen LogP contribution in [-0.2, 0) is 54.7 Å². The number of Topliss-reactive ketones (excluding diaryl/α,β-unsaturated/α-hetero) is 1. The fraction of sp³-hybridized carbons (Fsp3) is 0.510. The Morgan fingerprint density at radius 3 is 2.57 bits per heavy atom. The van der Waals surface area contributed by atoms with E-state index in [4.69, 9.17) is 9.72 Å². The second-order valence-electron chi connectivity index (χ2n) is 19.9. The van der Waals surface area contributed by atoms with E-state index in [9.17, 15) is 14.7 Å². The maximum Gasteiger partial charge on any atom is 0.302 e. The van der Waals surface area contributed by atoms with E-state index in [1.807, 2.05) is 36.5 Å². The number of allylic oxidation sites excluding steroid dienone is 2. The van der Waals surface area contributed by atoms with Gasteiger partial charge < -0.3 is 34.1 Å². The predicted molar refractivity (Wildman–Crippen MR) is 239 cm³/mol. The molecule has 1 saturated heterocycles. The number of aromatic nitrogens is 3. The molecule has 10 rings (SSSR count). The number of ether oxygens (including phenoxy) is 1. The van der Waals surface area contributed by atoms with E-state index < -0.39 is 6.23 Å². The Morgan fingerprint density at radius 2 is 1.79 bits per heavy atom. The molecule has 10 nitrogen and oxygen atoms in total. The molecule has 0 spiro atoms. The van der Waals surface area contributed by atoms with Crippen LogP contribution in [0.5, 0.6) is 0 Å². The number of fused-ring (bicyclic) bond motifs is 6. The second-order valence-corrected chi connectivity index (χ2v) is 19.9. The molecule has 0 bridgehead atoms. The maximum absolute atomic E-state index is 14.9. The van der Waals surface area contributed by atoms with Gasteiger partial charge in [-0.25, -0.2) is 4.98 Å². The number of carbonyl (C=O) groups is 2. The largest absolute Gasteiger partial charge is 0.465 e. The van der Waals surface area contributed by atoms with E-state index in [1.165, 1.54) is 47.1 Å². The van der Waals surface area contributed by atoms with Crippen molar-refractivity contribution < 1.29 is 19.4 Å². The second kappa shape index (κ2) is 15.8. The number of aliphatic hydroxyl groups excluding tert-OH is 1. The van der Waals surface area contributed by atoms with Gasteiger partial charge in [0.1, 0.15) is 5.82 Å². The van der Waals surface area contributed by atoms with Crippen LogP contribution in [0.3, 0.4) is 0 Å². The van der Waals surface area contributed by atoms with Crippen LogP contribution in [-0.4, -0.2) is 80.8 Å². The number of benzene rings is 1. The van der Waals surface area contributed by atoms with Crippen molar-refractivity contribution in [3.63, 3.8) is 0 Å². The summed E-state index contributed by atoms with van der Waals surface area (Å²) in [7, 11) is 4.07. The molecule has 320 valence electrons. The number of piperidine rings is 1. The smallest absolute Gasteiger partial charge is 0.302 e. The number of carbonyl (C=O) groups excluding carboxylic acids is 2. The number of aliphatic hydroxyl groups is 1. The molecule has 0 saturated carbocycles. The number of hydrogen-bond donors (Lipinski definition) is 2. The predicted octanol–water partition coefficient (Wildman–Crippen LogP) is 7.99. The highest BCUT2D eigenvalue weighted by Crippen LogP contribution is 2.47. The number of esters is 1. The van der Waals surface area contributed by atoms with Gasteiger partial charge in [0.25, 0.3) is 0 Å². The van der Waals surface area contributed by atoms with Gasteiger partial charge in [0.15, 0.2) is 12.0 Å². The van der Waals surface area contributed by atoms with Crippen LogP contribution < -0.4 is 5.32 Å². The van der Waals surface area contributed by atoms with Crippen LogP contribution in [0.15, 0.2) is 66.6 Å². The first kappa shape index (κ1) is 40.2. The molecule has 0 radical (unpaired) electrons. The van der Waals surface area contributed by atoms with Crippen molar-refractivity contribution in [1.82, 2.24) is 23.9 Å². The molecule has 4 aromatic rings. The van der Waals surface area contributed by atoms with Crippen molar-refractivity contribution in [2.75, 3.05) is 39.1 Å². The van der Waals surface area contributed by atoms with Crippen LogP contribution in [0.4, 0.5) is 5.82 Å². The molecule has 1 fully saturated rings. The van der Waals surface area contributed by atoms with Crippen molar-refractivity contribution in [2.24, 2.45) is 11.3 Å². The Labute approximate surface area is 360 Å². The average molecular weight is 823 g/mol. The molecule has 10 heteroatoms. The fourth-order valence-corrected chi connectivity index (χ4v) is 11.9. The number of nitrogens with zero attached hydrogens (tertiary/aromatic N) is 5. The lowest BCUT2D eigenvalue weighted by Crippen LogP contribution is -2.35. The first-order valence-electron chi connectivity index (χ1n) is 22.9. The molecule has 2 N–H and O–H groups in total. The SMILES string of the molecule is CC(=O)OCC(c1c(C2=CN(C)C(O)C(Nc3ccc(C4CCN(C)CC4)cn3)=C2)cccc1C1CCn2c(cc3c2CC(C)(C)C3)C1=O)C1CCn2c(cc3c2CCC3)C1. The van der Waals surface area contributed by atoms with E-state index in [1.54, 1.807) is 0 Å². The Balaban J connectivity index is 1.04. The summed E-state index contributed by atoms with van der Waals surface area (Å²) in [5.41, 5.74) is 14.0. The van der Waals surface area contributed by atoms with Crippen molar-refractivity contribution in [2.45, 2.75) is 122 Å². The zero-order chi connectivity index (χ0) is 42.2. The number of anilines is 1. The number of hydrogen-bond acceptors (Lipinski definition) is 8. The molecule has 4 unspecified atom stereocenters. The minimum atomic E-state index is -0.907. The highest BCUT2D eigenvalue weighted by Gasteiger charge is 2.41. The van der Waals surface area contributed by atoms with Crippen molar-refractivity contribution >= 4 is 23.1 Å². The van der Waals surface area contributed by atoms with E-state index >= 15 is 0 Å². The third kappa shape index (κ3) is 7.47. The maximum atomic E-state index is 14.9. The Morgan fingerprint density at radius 1 is 0.967 bits per heavy atom. The van der Waals surface area contributed by atoms with E-state index in [-0.39, 0.29) is 41.5 Å². The monoisotopic (exact) mass is 822 g/mol. The van der Waals surface area contributed by atoms with Crippen LogP contribution in [0.1, 0.15) is 132 Å². The molecular formula is C51H62N6O4. The normalized spacial score (nSPS) is 24.1. The van der Waals surface area contributed by atoms with Gasteiger partial charge in [0, 0.05) is 62.5 Å². The third-order valence-corrected chi connectivity index (χ3v) is 15.1. The summed E-state index contributed by atoms with van der Waals surface area (Å²) in [6.07, 6.45) is 15.4. The minimum absolute atomic E-state index is 0.155. The summed E-state index contributed by atoms with van der Waals surface area (Å²) in [6, 6.07) is 15.2. The quantitative estimate of drug-likeness (QED) is 0.164. The third-order valence-electron chi connectivity index (χ3n) is 15.1. The minimum Gasteiger partial charge on any atom is -0.465 e. The summed E-state index contributed by atoms with van der Waals surface area (Å²) in [5.74, 6) is 0.770. The van der Waals surface area contributed by atoms with E-state index in [0.717, 1.165) is 106 Å². The Bertz CT molecular complexity index is 2430. The van der Waals surface area contributed by atoms with Gasteiger partial charge >= 0.3 is 5.97 Å². The Kier molecular flexibility index (Phi) is 10.4. The van der Waals surface area contributed by atoms with Crippen LogP contribution in [0.2, 0.25) is 0 Å². The van der Waals surface area contributed by atoms with E-state index in [2.05, 4.69) is 76.6 Å². The highest BCUT2D eigenvalue weighted by molar-refractivity contribution is 6.01. The summed E-state index contributed by atoms with van der Waals surface area (Å²) in [4.78, 5) is 36.7. The molecule has 4 atom stereocenters. The number of aryl methyl sites for hydroxylation is 1. The molecule has 4 aliphatic heterocycles. The lowest BCUT2D eigenvalue weighted by molar-refractivity contribution is -0.141. The van der Waals surface area contributed by atoms with Crippen molar-refractivity contribution in [3.05, 3.63) is 123 Å². The average Bonchev–Trinajstić information content (AvgIpc) is 4.00. The molecule has 6 aliphatic rings. The number of likely N-dealkylation sites (N-methyl/N-ethyl adjacent to an activating group) is 1. The van der Waals surface area contributed by atoms with Gasteiger partial charge in [-0.3, -0.25) is 9.59 Å². The number of rotatable bonds is 9. The van der Waals surface area contributed by atoms with Crippen LogP contribution in [0, 0.1) is 11.3 Å². The van der Waals surface area contributed by atoms with Gasteiger partial charge in [0.05, 0.1) is 23.9 Å². The number of ketones is 1. The van der Waals surface area contributed by atoms with Crippen LogP contribution in [0.25, 0.3) is 5.57 Å². The molecular weight excluding hydrogens is 761 g/mol. The number of likely N-dealkylation sites (tertiary alicyclic amines) is 1. The zero-order valence-electron chi connectivity index (χ0n) is 36.7. The number of nitrogens with one attached hydrogen (secondary N) is 1. The molecule has 3 aromatic heterocycles. The summed E-state index contributed by atoms with van der Waals surface area (Å²) >= 11 is 0. The Hall–Kier alpha value is -4.93. The highest BCUT2D eigenvalue weighted by atomic mass is 16.5. The van der Waals surface area contributed by atoms with Gasteiger partial charge in [-0.15, -0.1) is 0 Å². The van der Waals surface area contributed by atoms with Gasteiger partial charge in [-0.05, 0) is 165 Å². The van der Waals surface area contributed by atoms with Crippen LogP contribution >= 0.6 is 0 Å².